The van der Waals surface area contributed by atoms with Crippen LogP contribution in [-0.2, 0) is 6.42 Å². The number of aryl methyl sites for hydroxylation is 1. The van der Waals surface area contributed by atoms with Gasteiger partial charge in [-0.1, -0.05) is 13.3 Å². The van der Waals surface area contributed by atoms with Crippen LogP contribution in [0.15, 0.2) is 12.1 Å². The van der Waals surface area contributed by atoms with Gasteiger partial charge in [0.25, 0.3) is 5.91 Å². The fourth-order valence-electron chi connectivity index (χ4n) is 1.79. The zero-order valence-corrected chi connectivity index (χ0v) is 12.2. The van der Waals surface area contributed by atoms with E-state index in [9.17, 15) is 18.0 Å². The number of hydrogen-bond donors (Lipinski definition) is 2. The van der Waals surface area contributed by atoms with Gasteiger partial charge in [-0.3, -0.25) is 4.79 Å². The van der Waals surface area contributed by atoms with Gasteiger partial charge in [-0.25, -0.2) is 4.98 Å². The molecule has 0 radical (unpaired) electrons. The molecule has 21 heavy (non-hydrogen) atoms. The zero-order chi connectivity index (χ0) is 15.9. The van der Waals surface area contributed by atoms with Gasteiger partial charge in [0, 0.05) is 24.3 Å². The Morgan fingerprint density at radius 2 is 2.00 bits per heavy atom. The minimum absolute atomic E-state index is 0.326. The molecule has 1 aromatic rings. The van der Waals surface area contributed by atoms with Crippen molar-refractivity contribution in [2.24, 2.45) is 0 Å². The minimum Gasteiger partial charge on any atom is -0.370 e. The van der Waals surface area contributed by atoms with Crippen molar-refractivity contribution in [2.45, 2.75) is 39.3 Å². The quantitative estimate of drug-likeness (QED) is 0.813. The number of halogens is 3. The number of amides is 1. The van der Waals surface area contributed by atoms with Crippen LogP contribution in [0.5, 0.6) is 0 Å². The van der Waals surface area contributed by atoms with E-state index < -0.39 is 25.0 Å². The lowest BCUT2D eigenvalue weighted by atomic mass is 10.1. The van der Waals surface area contributed by atoms with Crippen LogP contribution in [-0.4, -0.2) is 30.2 Å². The summed E-state index contributed by atoms with van der Waals surface area (Å²) >= 11 is 0. The van der Waals surface area contributed by atoms with Gasteiger partial charge in [0.05, 0.1) is 6.42 Å². The van der Waals surface area contributed by atoms with Gasteiger partial charge in [0.15, 0.2) is 0 Å². The Bertz CT molecular complexity index is 451. The highest BCUT2D eigenvalue weighted by Crippen LogP contribution is 2.18. The summed E-state index contributed by atoms with van der Waals surface area (Å²) in [7, 11) is 0. The molecule has 0 spiro atoms. The van der Waals surface area contributed by atoms with Crippen molar-refractivity contribution in [3.05, 3.63) is 23.4 Å². The molecule has 0 aliphatic rings. The molecule has 1 aromatic heterocycles. The lowest BCUT2D eigenvalue weighted by Gasteiger charge is -2.11. The highest BCUT2D eigenvalue weighted by molar-refractivity contribution is 5.95. The molecule has 0 saturated heterocycles. The normalized spacial score (nSPS) is 11.3. The number of anilines is 1. The molecule has 0 unspecified atom stereocenters. The lowest BCUT2D eigenvalue weighted by molar-refractivity contribution is -0.132. The number of carbonyl (C=O) groups excluding carboxylic acids is 1. The van der Waals surface area contributed by atoms with E-state index in [0.29, 0.717) is 24.3 Å². The third-order valence-electron chi connectivity index (χ3n) is 2.70. The van der Waals surface area contributed by atoms with Gasteiger partial charge in [0.2, 0.25) is 0 Å². The average molecular weight is 303 g/mol. The Kier molecular flexibility index (Phi) is 6.45. The smallest absolute Gasteiger partial charge is 0.370 e. The van der Waals surface area contributed by atoms with Crippen molar-refractivity contribution >= 4 is 11.7 Å². The van der Waals surface area contributed by atoms with Gasteiger partial charge in [-0.2, -0.15) is 13.2 Å². The zero-order valence-electron chi connectivity index (χ0n) is 12.2. The summed E-state index contributed by atoms with van der Waals surface area (Å²) in [4.78, 5) is 16.3. The lowest BCUT2D eigenvalue weighted by Crippen LogP contribution is -2.28. The number of aromatic nitrogens is 1. The van der Waals surface area contributed by atoms with Gasteiger partial charge in [-0.05, 0) is 25.5 Å². The van der Waals surface area contributed by atoms with Crippen LogP contribution in [0.4, 0.5) is 19.0 Å². The van der Waals surface area contributed by atoms with Gasteiger partial charge < -0.3 is 10.6 Å². The third-order valence-corrected chi connectivity index (χ3v) is 2.70. The second-order valence-corrected chi connectivity index (χ2v) is 4.63. The van der Waals surface area contributed by atoms with E-state index in [0.717, 1.165) is 12.1 Å². The van der Waals surface area contributed by atoms with E-state index in [-0.39, 0.29) is 0 Å². The summed E-state index contributed by atoms with van der Waals surface area (Å²) in [6.45, 7) is 4.12. The molecule has 0 aromatic carbocycles. The van der Waals surface area contributed by atoms with E-state index >= 15 is 0 Å². The number of nitrogens with one attached hydrogen (secondary N) is 2. The molecule has 7 heteroatoms. The van der Waals surface area contributed by atoms with E-state index in [1.807, 2.05) is 13.8 Å². The van der Waals surface area contributed by atoms with Crippen LogP contribution in [0.2, 0.25) is 0 Å². The fourth-order valence-corrected chi connectivity index (χ4v) is 1.79. The van der Waals surface area contributed by atoms with Crippen molar-refractivity contribution in [3.63, 3.8) is 0 Å². The molecule has 1 heterocycles. The van der Waals surface area contributed by atoms with Crippen LogP contribution < -0.4 is 10.6 Å². The van der Waals surface area contributed by atoms with Gasteiger partial charge in [-0.15, -0.1) is 0 Å². The summed E-state index contributed by atoms with van der Waals surface area (Å²) in [5, 5.41) is 5.29. The molecule has 1 rings (SSSR count). The Morgan fingerprint density at radius 3 is 2.57 bits per heavy atom. The first kappa shape index (κ1) is 17.3. The van der Waals surface area contributed by atoms with Gasteiger partial charge in [0.1, 0.15) is 5.82 Å². The SMILES string of the molecule is CCCc1cc(C(=O)NCCC(F)(F)F)cc(NCC)n1. The molecule has 1 amide bonds. The van der Waals surface area contributed by atoms with Gasteiger partial charge >= 0.3 is 6.18 Å². The van der Waals surface area contributed by atoms with E-state index in [1.165, 1.54) is 0 Å². The molecule has 0 fully saturated rings. The molecule has 4 nitrogen and oxygen atoms in total. The maximum absolute atomic E-state index is 12.1. The number of alkyl halides is 3. The van der Waals surface area contributed by atoms with Crippen LogP contribution in [0.25, 0.3) is 0 Å². The number of pyridine rings is 1. The molecule has 118 valence electrons. The molecule has 0 aliphatic heterocycles. The van der Waals surface area contributed by atoms with Crippen molar-refractivity contribution in [3.8, 4) is 0 Å². The third kappa shape index (κ3) is 6.46. The van der Waals surface area contributed by atoms with Crippen molar-refractivity contribution < 1.29 is 18.0 Å². The summed E-state index contributed by atoms with van der Waals surface area (Å²) in [5.41, 5.74) is 1.07. The number of hydrogen-bond acceptors (Lipinski definition) is 3. The summed E-state index contributed by atoms with van der Waals surface area (Å²) < 4.78 is 36.2. The second-order valence-electron chi connectivity index (χ2n) is 4.63. The summed E-state index contributed by atoms with van der Waals surface area (Å²) in [5.74, 6) is 0.0441. The number of carbonyl (C=O) groups is 1. The molecular weight excluding hydrogens is 283 g/mol. The summed E-state index contributed by atoms with van der Waals surface area (Å²) in [6.07, 6.45) is -3.72. The van der Waals surface area contributed by atoms with Crippen molar-refractivity contribution in [1.29, 1.82) is 0 Å². The van der Waals surface area contributed by atoms with Crippen LogP contribution in [0.1, 0.15) is 42.7 Å². The maximum atomic E-state index is 12.1. The predicted molar refractivity (Wildman–Crippen MR) is 75.4 cm³/mol. The molecule has 0 aliphatic carbocycles. The van der Waals surface area contributed by atoms with Crippen LogP contribution in [0.3, 0.4) is 0 Å². The van der Waals surface area contributed by atoms with Crippen LogP contribution in [0, 0.1) is 0 Å². The average Bonchev–Trinajstić information content (AvgIpc) is 2.37. The number of rotatable bonds is 7. The fraction of sp³-hybridized carbons (Fsp3) is 0.571. The second kappa shape index (κ2) is 7.85. The van der Waals surface area contributed by atoms with E-state index in [4.69, 9.17) is 0 Å². The maximum Gasteiger partial charge on any atom is 0.390 e. The predicted octanol–water partition coefficient (Wildman–Crippen LogP) is 3.15. The van der Waals surface area contributed by atoms with E-state index in [1.54, 1.807) is 12.1 Å². The van der Waals surface area contributed by atoms with Crippen molar-refractivity contribution in [2.75, 3.05) is 18.4 Å². The Hall–Kier alpha value is -1.79. The summed E-state index contributed by atoms with van der Waals surface area (Å²) in [6, 6.07) is 3.17. The molecule has 0 saturated carbocycles. The minimum atomic E-state index is -4.27. The first-order valence-corrected chi connectivity index (χ1v) is 6.95. The standard InChI is InChI=1S/C14H20F3N3O/c1-3-5-11-8-10(9-12(20-11)18-4-2)13(21)19-7-6-14(15,16)17/h8-9H,3-7H2,1-2H3,(H,18,20)(H,19,21). The first-order chi connectivity index (χ1) is 9.85. The molecular formula is C14H20F3N3O. The topological polar surface area (TPSA) is 54.0 Å². The van der Waals surface area contributed by atoms with Crippen LogP contribution >= 0.6 is 0 Å². The van der Waals surface area contributed by atoms with Crippen molar-refractivity contribution in [1.82, 2.24) is 10.3 Å². The first-order valence-electron chi connectivity index (χ1n) is 6.95. The molecule has 0 bridgehead atoms. The Balaban J connectivity index is 2.77. The monoisotopic (exact) mass is 303 g/mol. The highest BCUT2D eigenvalue weighted by atomic mass is 19.4. The molecule has 0 atom stereocenters. The number of nitrogens with zero attached hydrogens (tertiary/aromatic N) is 1. The largest absolute Gasteiger partial charge is 0.390 e. The van der Waals surface area contributed by atoms with E-state index in [2.05, 4.69) is 15.6 Å². The Morgan fingerprint density at radius 1 is 1.29 bits per heavy atom. The highest BCUT2D eigenvalue weighted by Gasteiger charge is 2.26. The molecule has 2 N–H and O–H groups in total. The Labute approximate surface area is 122 Å².